The van der Waals surface area contributed by atoms with Gasteiger partial charge in [-0.3, -0.25) is 0 Å². The van der Waals surface area contributed by atoms with Crippen molar-refractivity contribution in [2.24, 2.45) is 0 Å². The Balaban J connectivity index is 2.47. The van der Waals surface area contributed by atoms with Crippen molar-refractivity contribution in [3.05, 3.63) is 24.5 Å². The number of rotatable bonds is 2. The number of nitriles is 1. The van der Waals surface area contributed by atoms with Gasteiger partial charge < -0.3 is 0 Å². The van der Waals surface area contributed by atoms with Crippen LogP contribution in [0.2, 0.25) is 0 Å². The van der Waals surface area contributed by atoms with Crippen molar-refractivity contribution >= 4 is 6.20 Å². The Hall–Kier alpha value is -1.56. The first-order valence-corrected chi connectivity index (χ1v) is 3.90. The van der Waals surface area contributed by atoms with E-state index >= 15 is 0 Å². The van der Waals surface area contributed by atoms with Gasteiger partial charge in [-0.05, 0) is 18.9 Å². The van der Waals surface area contributed by atoms with Crippen LogP contribution in [0.4, 0.5) is 0 Å². The van der Waals surface area contributed by atoms with Crippen LogP contribution in [0.25, 0.3) is 6.20 Å². The van der Waals surface area contributed by atoms with Crippen molar-refractivity contribution in [2.45, 2.75) is 18.3 Å². The Morgan fingerprint density at radius 2 is 2.50 bits per heavy atom. The summed E-state index contributed by atoms with van der Waals surface area (Å²) in [5.41, 5.74) is 0.713. The third-order valence-electron chi connectivity index (χ3n) is 2.30. The molecular weight excluding hydrogens is 150 g/mol. The zero-order chi connectivity index (χ0) is 8.60. The van der Waals surface area contributed by atoms with E-state index in [2.05, 4.69) is 17.7 Å². The van der Waals surface area contributed by atoms with Gasteiger partial charge in [-0.25, -0.2) is 4.68 Å². The predicted molar refractivity (Wildman–Crippen MR) is 45.1 cm³/mol. The van der Waals surface area contributed by atoms with Crippen molar-refractivity contribution in [3.63, 3.8) is 0 Å². The molecule has 1 aromatic rings. The molecule has 12 heavy (non-hydrogen) atoms. The molecule has 0 aromatic carbocycles. The van der Waals surface area contributed by atoms with Crippen LogP contribution in [0, 0.1) is 11.3 Å². The Labute approximate surface area is 70.9 Å². The second-order valence-electron chi connectivity index (χ2n) is 3.04. The van der Waals surface area contributed by atoms with Crippen molar-refractivity contribution in [1.29, 1.82) is 5.26 Å². The zero-order valence-corrected chi connectivity index (χ0v) is 6.70. The second-order valence-corrected chi connectivity index (χ2v) is 3.04. The molecule has 0 N–H and O–H groups in total. The Bertz CT molecular complexity index is 352. The van der Waals surface area contributed by atoms with E-state index in [1.807, 2.05) is 6.07 Å². The summed E-state index contributed by atoms with van der Waals surface area (Å²) < 4.78 is 1.68. The molecule has 60 valence electrons. The van der Waals surface area contributed by atoms with E-state index in [-0.39, 0.29) is 5.41 Å². The van der Waals surface area contributed by atoms with Crippen LogP contribution in [-0.2, 0) is 5.41 Å². The second kappa shape index (κ2) is 2.21. The molecule has 0 spiro atoms. The topological polar surface area (TPSA) is 41.6 Å². The molecule has 1 saturated carbocycles. The lowest BCUT2D eigenvalue weighted by Crippen LogP contribution is -2.08. The Morgan fingerprint density at radius 1 is 1.75 bits per heavy atom. The largest absolute Gasteiger partial charge is 0.244 e. The third kappa shape index (κ3) is 0.782. The Morgan fingerprint density at radius 3 is 3.00 bits per heavy atom. The van der Waals surface area contributed by atoms with Crippen molar-refractivity contribution < 1.29 is 0 Å². The highest BCUT2D eigenvalue weighted by Gasteiger charge is 2.47. The number of hydrogen-bond donors (Lipinski definition) is 0. The van der Waals surface area contributed by atoms with Crippen LogP contribution in [0.5, 0.6) is 0 Å². The molecule has 0 bridgehead atoms. The van der Waals surface area contributed by atoms with Crippen LogP contribution in [0.1, 0.15) is 18.5 Å². The lowest BCUT2D eigenvalue weighted by molar-refractivity contribution is 0.774. The molecule has 0 unspecified atom stereocenters. The third-order valence-corrected chi connectivity index (χ3v) is 2.30. The first-order chi connectivity index (χ1) is 5.82. The summed E-state index contributed by atoms with van der Waals surface area (Å²) in [7, 11) is 0. The van der Waals surface area contributed by atoms with Crippen LogP contribution in [0.3, 0.4) is 0 Å². The molecule has 1 aliphatic rings. The van der Waals surface area contributed by atoms with Gasteiger partial charge in [-0.2, -0.15) is 10.4 Å². The maximum atomic E-state index is 8.92. The molecule has 0 radical (unpaired) electrons. The number of aromatic nitrogens is 2. The summed E-state index contributed by atoms with van der Waals surface area (Å²) in [6.45, 7) is 3.63. The monoisotopic (exact) mass is 159 g/mol. The SMILES string of the molecule is C=Cn1nccc1C1(C#N)CC1. The van der Waals surface area contributed by atoms with Gasteiger partial charge in [0.2, 0.25) is 0 Å². The van der Waals surface area contributed by atoms with E-state index in [9.17, 15) is 0 Å². The lowest BCUT2D eigenvalue weighted by Gasteiger charge is -2.04. The van der Waals surface area contributed by atoms with Gasteiger partial charge in [-0.1, -0.05) is 6.58 Å². The molecule has 1 aliphatic carbocycles. The lowest BCUT2D eigenvalue weighted by atomic mass is 10.1. The highest BCUT2D eigenvalue weighted by molar-refractivity contribution is 5.37. The molecule has 1 heterocycles. The van der Waals surface area contributed by atoms with Crippen molar-refractivity contribution in [2.75, 3.05) is 0 Å². The molecule has 1 fully saturated rings. The maximum absolute atomic E-state index is 8.92. The number of nitrogens with zero attached hydrogens (tertiary/aromatic N) is 3. The standard InChI is InChI=1S/C9H9N3/c1-2-12-8(3-6-11-12)9(7-10)4-5-9/h2-3,6H,1,4-5H2. The van der Waals surface area contributed by atoms with E-state index in [0.717, 1.165) is 18.5 Å². The van der Waals surface area contributed by atoms with E-state index in [1.54, 1.807) is 17.1 Å². The average Bonchev–Trinajstić information content (AvgIpc) is 2.76. The minimum atomic E-state index is -0.259. The van der Waals surface area contributed by atoms with Crippen molar-refractivity contribution in [3.8, 4) is 6.07 Å². The van der Waals surface area contributed by atoms with Crippen LogP contribution in [0.15, 0.2) is 18.8 Å². The summed E-state index contributed by atoms with van der Waals surface area (Å²) in [6, 6.07) is 4.21. The molecule has 0 saturated heterocycles. The molecule has 1 aromatic heterocycles. The van der Waals surface area contributed by atoms with Crippen molar-refractivity contribution in [1.82, 2.24) is 9.78 Å². The first kappa shape index (κ1) is 7.11. The molecule has 3 nitrogen and oxygen atoms in total. The summed E-state index contributed by atoms with van der Waals surface area (Å²) in [6.07, 6.45) is 5.23. The Kier molecular flexibility index (Phi) is 1.31. The van der Waals surface area contributed by atoms with Gasteiger partial charge in [0.15, 0.2) is 0 Å². The van der Waals surface area contributed by atoms with Gasteiger partial charge in [0, 0.05) is 12.4 Å². The molecule has 2 rings (SSSR count). The summed E-state index contributed by atoms with van der Waals surface area (Å²) >= 11 is 0. The molecule has 0 amide bonds. The zero-order valence-electron chi connectivity index (χ0n) is 6.70. The summed E-state index contributed by atoms with van der Waals surface area (Å²) in [5, 5.41) is 13.0. The highest BCUT2D eigenvalue weighted by Crippen LogP contribution is 2.47. The molecule has 0 atom stereocenters. The van der Waals surface area contributed by atoms with Crippen LogP contribution >= 0.6 is 0 Å². The maximum Gasteiger partial charge on any atom is 0.0995 e. The molecule has 0 aliphatic heterocycles. The minimum Gasteiger partial charge on any atom is -0.244 e. The van der Waals surface area contributed by atoms with E-state index < -0.39 is 0 Å². The van der Waals surface area contributed by atoms with E-state index in [1.165, 1.54) is 0 Å². The smallest absolute Gasteiger partial charge is 0.0995 e. The van der Waals surface area contributed by atoms with Gasteiger partial charge in [-0.15, -0.1) is 0 Å². The predicted octanol–water partition coefficient (Wildman–Crippen LogP) is 1.54. The van der Waals surface area contributed by atoms with Crippen LogP contribution < -0.4 is 0 Å². The van der Waals surface area contributed by atoms with Gasteiger partial charge >= 0.3 is 0 Å². The fourth-order valence-electron chi connectivity index (χ4n) is 1.39. The summed E-state index contributed by atoms with van der Waals surface area (Å²) in [5.74, 6) is 0. The fourth-order valence-corrected chi connectivity index (χ4v) is 1.39. The van der Waals surface area contributed by atoms with Crippen LogP contribution in [-0.4, -0.2) is 9.78 Å². The fraction of sp³-hybridized carbons (Fsp3) is 0.333. The summed E-state index contributed by atoms with van der Waals surface area (Å²) in [4.78, 5) is 0. The molecule has 3 heteroatoms. The van der Waals surface area contributed by atoms with Gasteiger partial charge in [0.05, 0.1) is 17.2 Å². The minimum absolute atomic E-state index is 0.259. The first-order valence-electron chi connectivity index (χ1n) is 3.90. The average molecular weight is 159 g/mol. The normalized spacial score (nSPS) is 18.2. The van der Waals surface area contributed by atoms with Gasteiger partial charge in [0.1, 0.15) is 0 Å². The quantitative estimate of drug-likeness (QED) is 0.656. The highest BCUT2D eigenvalue weighted by atomic mass is 15.3. The number of hydrogen-bond acceptors (Lipinski definition) is 2. The molecular formula is C9H9N3. The van der Waals surface area contributed by atoms with E-state index in [0.29, 0.717) is 0 Å². The van der Waals surface area contributed by atoms with E-state index in [4.69, 9.17) is 5.26 Å². The van der Waals surface area contributed by atoms with Gasteiger partial charge in [0.25, 0.3) is 0 Å².